The van der Waals surface area contributed by atoms with Crippen molar-refractivity contribution in [1.29, 1.82) is 5.26 Å². The molecular formula is C9H5F2IN2O2. The van der Waals surface area contributed by atoms with Gasteiger partial charge in [-0.05, 0) is 34.2 Å². The molecule has 1 heterocycles. The summed E-state index contributed by atoms with van der Waals surface area (Å²) in [5.74, 6) is -1.24. The van der Waals surface area contributed by atoms with Gasteiger partial charge in [0.1, 0.15) is 15.5 Å². The molecule has 1 aromatic rings. The van der Waals surface area contributed by atoms with Crippen LogP contribution in [0.2, 0.25) is 0 Å². The number of carbonyl (C=O) groups is 1. The summed E-state index contributed by atoms with van der Waals surface area (Å²) in [5.41, 5.74) is -0.605. The summed E-state index contributed by atoms with van der Waals surface area (Å²) in [6.45, 7) is 0. The second kappa shape index (κ2) is 5.16. The highest BCUT2D eigenvalue weighted by atomic mass is 127. The SMILES string of the molecule is N#Cc1cc(CC(=O)O)c(C(F)F)nc1I. The Bertz CT molecular complexity index is 471. The number of nitrogens with zero attached hydrogens (tertiary/aromatic N) is 2. The molecule has 0 saturated carbocycles. The van der Waals surface area contributed by atoms with Crippen molar-refractivity contribution in [2.75, 3.05) is 0 Å². The van der Waals surface area contributed by atoms with Gasteiger partial charge in [-0.15, -0.1) is 0 Å². The summed E-state index contributed by atoms with van der Waals surface area (Å²) in [4.78, 5) is 14.0. The van der Waals surface area contributed by atoms with Gasteiger partial charge in [-0.2, -0.15) is 5.26 Å². The third kappa shape index (κ3) is 2.85. The van der Waals surface area contributed by atoms with Gasteiger partial charge in [0.15, 0.2) is 0 Å². The van der Waals surface area contributed by atoms with E-state index in [1.807, 2.05) is 0 Å². The lowest BCUT2D eigenvalue weighted by Gasteiger charge is -2.07. The first-order valence-corrected chi connectivity index (χ1v) is 5.13. The van der Waals surface area contributed by atoms with Crippen LogP contribution in [0.5, 0.6) is 0 Å². The third-order valence-corrected chi connectivity index (χ3v) is 2.58. The number of aliphatic carboxylic acids is 1. The standard InChI is InChI=1S/C9H5F2IN2O2/c10-8(11)7-4(2-6(15)16)1-5(3-13)9(12)14-7/h1,8H,2H2,(H,15,16). The molecule has 0 aliphatic carbocycles. The van der Waals surface area contributed by atoms with E-state index in [-0.39, 0.29) is 14.8 Å². The van der Waals surface area contributed by atoms with Crippen LogP contribution in [0.25, 0.3) is 0 Å². The van der Waals surface area contributed by atoms with Crippen LogP contribution in [0.1, 0.15) is 23.2 Å². The van der Waals surface area contributed by atoms with E-state index < -0.39 is 24.5 Å². The Kier molecular flexibility index (Phi) is 4.12. The summed E-state index contributed by atoms with van der Waals surface area (Å²) >= 11 is 1.66. The van der Waals surface area contributed by atoms with Crippen molar-refractivity contribution >= 4 is 28.6 Å². The highest BCUT2D eigenvalue weighted by Gasteiger charge is 2.19. The average molecular weight is 338 g/mol. The first kappa shape index (κ1) is 12.8. The predicted molar refractivity (Wildman–Crippen MR) is 58.0 cm³/mol. The Morgan fingerprint density at radius 1 is 1.69 bits per heavy atom. The van der Waals surface area contributed by atoms with E-state index in [4.69, 9.17) is 10.4 Å². The summed E-state index contributed by atoms with van der Waals surface area (Å²) in [5, 5.41) is 17.2. The van der Waals surface area contributed by atoms with E-state index in [0.717, 1.165) is 6.07 Å². The van der Waals surface area contributed by atoms with Gasteiger partial charge in [-0.1, -0.05) is 0 Å². The number of nitriles is 1. The number of rotatable bonds is 3. The number of hydrogen-bond donors (Lipinski definition) is 1. The molecule has 1 rings (SSSR count). The molecule has 0 amide bonds. The Hall–Kier alpha value is -1.30. The highest BCUT2D eigenvalue weighted by molar-refractivity contribution is 14.1. The molecule has 84 valence electrons. The van der Waals surface area contributed by atoms with E-state index >= 15 is 0 Å². The van der Waals surface area contributed by atoms with E-state index in [9.17, 15) is 13.6 Å². The monoisotopic (exact) mass is 338 g/mol. The number of halogens is 3. The van der Waals surface area contributed by atoms with Crippen molar-refractivity contribution in [3.05, 3.63) is 26.6 Å². The summed E-state index contributed by atoms with van der Waals surface area (Å²) in [7, 11) is 0. The smallest absolute Gasteiger partial charge is 0.307 e. The number of carboxylic acid groups (broad SMARTS) is 1. The molecule has 1 aromatic heterocycles. The quantitative estimate of drug-likeness (QED) is 0.677. The molecule has 0 atom stereocenters. The zero-order chi connectivity index (χ0) is 12.3. The predicted octanol–water partition coefficient (Wildman–Crippen LogP) is 2.12. The van der Waals surface area contributed by atoms with E-state index in [1.54, 1.807) is 28.7 Å². The van der Waals surface area contributed by atoms with Crippen LogP contribution in [0, 0.1) is 15.0 Å². The second-order valence-electron chi connectivity index (χ2n) is 2.85. The molecule has 0 radical (unpaired) electrons. The minimum Gasteiger partial charge on any atom is -0.481 e. The van der Waals surface area contributed by atoms with Gasteiger partial charge in [0.2, 0.25) is 0 Å². The molecule has 16 heavy (non-hydrogen) atoms. The van der Waals surface area contributed by atoms with Crippen LogP contribution in [0.15, 0.2) is 6.07 Å². The first-order valence-electron chi connectivity index (χ1n) is 4.05. The Morgan fingerprint density at radius 2 is 2.31 bits per heavy atom. The zero-order valence-electron chi connectivity index (χ0n) is 7.75. The average Bonchev–Trinajstić information content (AvgIpc) is 2.19. The molecule has 7 heteroatoms. The summed E-state index contributed by atoms with van der Waals surface area (Å²) in [6, 6.07) is 2.91. The summed E-state index contributed by atoms with van der Waals surface area (Å²) in [6.07, 6.45) is -3.42. The van der Waals surface area contributed by atoms with Crippen LogP contribution in [-0.4, -0.2) is 16.1 Å². The number of pyridine rings is 1. The van der Waals surface area contributed by atoms with Gasteiger partial charge in [0.05, 0.1) is 12.0 Å². The maximum Gasteiger partial charge on any atom is 0.307 e. The van der Waals surface area contributed by atoms with Crippen LogP contribution in [0.4, 0.5) is 8.78 Å². The molecule has 0 aliphatic heterocycles. The van der Waals surface area contributed by atoms with Gasteiger partial charge in [0.25, 0.3) is 6.43 Å². The molecule has 0 spiro atoms. The zero-order valence-corrected chi connectivity index (χ0v) is 9.90. The maximum atomic E-state index is 12.6. The van der Waals surface area contributed by atoms with Crippen molar-refractivity contribution < 1.29 is 18.7 Å². The number of alkyl halides is 2. The fraction of sp³-hybridized carbons (Fsp3) is 0.222. The molecule has 0 saturated heterocycles. The minimum absolute atomic E-state index is 0.0984. The molecule has 0 aromatic carbocycles. The lowest BCUT2D eigenvalue weighted by atomic mass is 10.1. The molecule has 0 aliphatic rings. The maximum absolute atomic E-state index is 12.6. The molecule has 0 fully saturated rings. The molecule has 0 bridgehead atoms. The minimum atomic E-state index is -2.85. The van der Waals surface area contributed by atoms with Crippen LogP contribution < -0.4 is 0 Å². The molecule has 1 N–H and O–H groups in total. The fourth-order valence-corrected chi connectivity index (χ4v) is 1.65. The van der Waals surface area contributed by atoms with E-state index in [2.05, 4.69) is 4.98 Å². The van der Waals surface area contributed by atoms with Crippen molar-refractivity contribution in [3.8, 4) is 6.07 Å². The van der Waals surface area contributed by atoms with Gasteiger partial charge in [0, 0.05) is 0 Å². The topological polar surface area (TPSA) is 74.0 Å². The lowest BCUT2D eigenvalue weighted by Crippen LogP contribution is -2.08. The normalized spacial score (nSPS) is 10.2. The van der Waals surface area contributed by atoms with Crippen molar-refractivity contribution in [3.63, 3.8) is 0 Å². The van der Waals surface area contributed by atoms with Gasteiger partial charge < -0.3 is 5.11 Å². The van der Waals surface area contributed by atoms with Crippen molar-refractivity contribution in [2.45, 2.75) is 12.8 Å². The summed E-state index contributed by atoms with van der Waals surface area (Å²) < 4.78 is 25.2. The van der Waals surface area contributed by atoms with E-state index in [0.29, 0.717) is 0 Å². The Labute approximate surface area is 103 Å². The Balaban J connectivity index is 3.32. The fourth-order valence-electron chi connectivity index (χ4n) is 1.12. The molecule has 0 unspecified atom stereocenters. The molecule has 4 nitrogen and oxygen atoms in total. The van der Waals surface area contributed by atoms with Crippen LogP contribution in [-0.2, 0) is 11.2 Å². The third-order valence-electron chi connectivity index (χ3n) is 1.76. The van der Waals surface area contributed by atoms with Crippen LogP contribution in [0.3, 0.4) is 0 Å². The number of carboxylic acids is 1. The lowest BCUT2D eigenvalue weighted by molar-refractivity contribution is -0.136. The highest BCUT2D eigenvalue weighted by Crippen LogP contribution is 2.24. The van der Waals surface area contributed by atoms with Gasteiger partial charge in [-0.3, -0.25) is 4.79 Å². The first-order chi connectivity index (χ1) is 7.45. The van der Waals surface area contributed by atoms with Crippen LogP contribution >= 0.6 is 22.6 Å². The van der Waals surface area contributed by atoms with Gasteiger partial charge >= 0.3 is 5.97 Å². The molecular weight excluding hydrogens is 333 g/mol. The van der Waals surface area contributed by atoms with E-state index in [1.165, 1.54) is 0 Å². The van der Waals surface area contributed by atoms with Crippen molar-refractivity contribution in [1.82, 2.24) is 4.98 Å². The second-order valence-corrected chi connectivity index (χ2v) is 3.88. The van der Waals surface area contributed by atoms with Crippen molar-refractivity contribution in [2.24, 2.45) is 0 Å². The van der Waals surface area contributed by atoms with Gasteiger partial charge in [-0.25, -0.2) is 13.8 Å². The largest absolute Gasteiger partial charge is 0.481 e. The number of aromatic nitrogens is 1. The number of hydrogen-bond acceptors (Lipinski definition) is 3. The Morgan fingerprint density at radius 3 is 2.75 bits per heavy atom.